The van der Waals surface area contributed by atoms with E-state index in [2.05, 4.69) is 27.6 Å². The summed E-state index contributed by atoms with van der Waals surface area (Å²) in [7, 11) is 2.20. The van der Waals surface area contributed by atoms with Crippen LogP contribution in [0.1, 0.15) is 19.8 Å². The van der Waals surface area contributed by atoms with Crippen LogP contribution in [-0.4, -0.2) is 40.7 Å². The fourth-order valence-electron chi connectivity index (χ4n) is 2.61. The Labute approximate surface area is 124 Å². The van der Waals surface area contributed by atoms with Gasteiger partial charge >= 0.3 is 0 Å². The van der Waals surface area contributed by atoms with Crippen LogP contribution in [0.4, 0.5) is 0 Å². The van der Waals surface area contributed by atoms with E-state index >= 15 is 0 Å². The molecule has 5 heteroatoms. The van der Waals surface area contributed by atoms with Gasteiger partial charge in [0, 0.05) is 19.1 Å². The fraction of sp³-hybridized carbons (Fsp3) is 0.533. The Balaban J connectivity index is 1.88. The zero-order chi connectivity index (χ0) is 14.1. The second-order valence-corrected chi connectivity index (χ2v) is 5.76. The number of nitrogens with zero attached hydrogens (tertiary/aromatic N) is 2. The van der Waals surface area contributed by atoms with Crippen molar-refractivity contribution < 1.29 is 4.74 Å². The molecule has 0 radical (unpaired) electrons. The molecule has 0 unspecified atom stereocenters. The number of aromatic amines is 1. The summed E-state index contributed by atoms with van der Waals surface area (Å²) in [6.07, 6.45) is 2.68. The van der Waals surface area contributed by atoms with Gasteiger partial charge in [0.1, 0.15) is 11.3 Å². The van der Waals surface area contributed by atoms with Gasteiger partial charge in [0.2, 0.25) is 0 Å². The van der Waals surface area contributed by atoms with Gasteiger partial charge in [-0.25, -0.2) is 0 Å². The molecule has 1 fully saturated rings. The van der Waals surface area contributed by atoms with Gasteiger partial charge in [0.05, 0.1) is 12.1 Å². The number of benzene rings is 1. The normalized spacial score (nSPS) is 15.2. The predicted molar refractivity (Wildman–Crippen MR) is 83.9 cm³/mol. The van der Waals surface area contributed by atoms with Crippen LogP contribution in [0.2, 0.25) is 0 Å². The highest BCUT2D eigenvalue weighted by atomic mass is 32.1. The van der Waals surface area contributed by atoms with Gasteiger partial charge in [0.25, 0.3) is 0 Å². The summed E-state index contributed by atoms with van der Waals surface area (Å²) in [4.78, 5) is 5.71. The molecule has 2 aromatic rings. The quantitative estimate of drug-likeness (QED) is 0.830. The highest BCUT2D eigenvalue weighted by Gasteiger charge is 2.25. The smallest absolute Gasteiger partial charge is 0.178 e. The summed E-state index contributed by atoms with van der Waals surface area (Å²) < 4.78 is 8.61. The largest absolute Gasteiger partial charge is 0.492 e. The van der Waals surface area contributed by atoms with E-state index in [-0.39, 0.29) is 0 Å². The maximum Gasteiger partial charge on any atom is 0.178 e. The van der Waals surface area contributed by atoms with E-state index in [1.54, 1.807) is 0 Å². The number of hydrogen-bond donors (Lipinski definition) is 1. The molecule has 1 heterocycles. The molecule has 1 saturated carbocycles. The standard InChI is InChI=1S/C15H21N3OS/c1-3-19-13-6-4-5-12-14(13)16-15(20)18(12)10-9-17(2)11-7-8-11/h4-6,11H,3,7-10H2,1-2H3,(H,16,20). The molecule has 108 valence electrons. The van der Waals surface area contributed by atoms with Crippen molar-refractivity contribution in [1.82, 2.24) is 14.5 Å². The van der Waals surface area contributed by atoms with Crippen LogP contribution in [0.25, 0.3) is 11.0 Å². The molecule has 4 nitrogen and oxygen atoms in total. The number of H-pyrrole nitrogens is 1. The molecule has 3 rings (SSSR count). The highest BCUT2D eigenvalue weighted by Crippen LogP contribution is 2.27. The molecule has 1 aromatic heterocycles. The van der Waals surface area contributed by atoms with Crippen LogP contribution in [-0.2, 0) is 6.54 Å². The minimum Gasteiger partial charge on any atom is -0.492 e. The van der Waals surface area contributed by atoms with Crippen molar-refractivity contribution >= 4 is 23.3 Å². The first kappa shape index (κ1) is 13.6. The zero-order valence-electron chi connectivity index (χ0n) is 12.1. The van der Waals surface area contributed by atoms with E-state index in [4.69, 9.17) is 17.0 Å². The molecule has 1 aliphatic carbocycles. The van der Waals surface area contributed by atoms with Gasteiger partial charge in [-0.3, -0.25) is 0 Å². The molecular formula is C15H21N3OS. The third-order valence-electron chi connectivity index (χ3n) is 3.92. The van der Waals surface area contributed by atoms with E-state index < -0.39 is 0 Å². The number of hydrogen-bond acceptors (Lipinski definition) is 3. The lowest BCUT2D eigenvalue weighted by atomic mass is 10.3. The van der Waals surface area contributed by atoms with Gasteiger partial charge in [-0.05, 0) is 51.2 Å². The first-order valence-corrected chi connectivity index (χ1v) is 7.66. The molecule has 1 aromatic carbocycles. The van der Waals surface area contributed by atoms with E-state index in [1.807, 2.05) is 19.1 Å². The van der Waals surface area contributed by atoms with E-state index in [0.717, 1.165) is 40.7 Å². The minimum atomic E-state index is 0.662. The molecule has 1 aliphatic rings. The molecule has 0 spiro atoms. The van der Waals surface area contributed by atoms with Gasteiger partial charge in [-0.15, -0.1) is 0 Å². The second kappa shape index (κ2) is 5.58. The first-order chi connectivity index (χ1) is 9.70. The molecule has 20 heavy (non-hydrogen) atoms. The second-order valence-electron chi connectivity index (χ2n) is 5.38. The third kappa shape index (κ3) is 2.60. The monoisotopic (exact) mass is 291 g/mol. The average Bonchev–Trinajstić information content (AvgIpc) is 3.22. The summed E-state index contributed by atoms with van der Waals surface area (Å²) >= 11 is 5.46. The maximum absolute atomic E-state index is 5.66. The topological polar surface area (TPSA) is 33.2 Å². The fourth-order valence-corrected chi connectivity index (χ4v) is 2.90. The van der Waals surface area contributed by atoms with Crippen LogP contribution in [0.5, 0.6) is 5.75 Å². The van der Waals surface area contributed by atoms with E-state index in [9.17, 15) is 0 Å². The molecule has 0 amide bonds. The van der Waals surface area contributed by atoms with E-state index in [1.165, 1.54) is 12.8 Å². The Bertz CT molecular complexity index is 657. The number of likely N-dealkylation sites (N-methyl/N-ethyl adjacent to an activating group) is 1. The van der Waals surface area contributed by atoms with Crippen molar-refractivity contribution in [2.24, 2.45) is 0 Å². The zero-order valence-corrected chi connectivity index (χ0v) is 12.9. The van der Waals surface area contributed by atoms with Crippen molar-refractivity contribution in [3.63, 3.8) is 0 Å². The Morgan fingerprint density at radius 2 is 2.25 bits per heavy atom. The van der Waals surface area contributed by atoms with Crippen molar-refractivity contribution in [3.8, 4) is 5.75 Å². The molecular weight excluding hydrogens is 270 g/mol. The Kier molecular flexibility index (Phi) is 3.81. The predicted octanol–water partition coefficient (Wildman–Crippen LogP) is 3.19. The lowest BCUT2D eigenvalue weighted by Crippen LogP contribution is -2.25. The number of fused-ring (bicyclic) bond motifs is 1. The highest BCUT2D eigenvalue weighted by molar-refractivity contribution is 7.71. The summed E-state index contributed by atoms with van der Waals surface area (Å²) in [6.45, 7) is 4.61. The lowest BCUT2D eigenvalue weighted by Gasteiger charge is -2.16. The van der Waals surface area contributed by atoms with Crippen LogP contribution in [0.3, 0.4) is 0 Å². The molecule has 0 saturated heterocycles. The Hall–Kier alpha value is -1.33. The summed E-state index contributed by atoms with van der Waals surface area (Å²) in [5.41, 5.74) is 2.14. The van der Waals surface area contributed by atoms with Crippen molar-refractivity contribution in [2.45, 2.75) is 32.4 Å². The summed E-state index contributed by atoms with van der Waals surface area (Å²) in [5.74, 6) is 0.880. The van der Waals surface area contributed by atoms with Gasteiger partial charge in [-0.1, -0.05) is 6.07 Å². The molecule has 0 atom stereocenters. The van der Waals surface area contributed by atoms with Crippen LogP contribution < -0.4 is 4.74 Å². The number of aromatic nitrogens is 2. The van der Waals surface area contributed by atoms with Gasteiger partial charge < -0.3 is 19.2 Å². The average molecular weight is 291 g/mol. The first-order valence-electron chi connectivity index (χ1n) is 7.25. The number of rotatable bonds is 6. The molecule has 1 N–H and O–H groups in total. The van der Waals surface area contributed by atoms with E-state index in [0.29, 0.717) is 6.61 Å². The Morgan fingerprint density at radius 3 is 2.95 bits per heavy atom. The number of para-hydroxylation sites is 1. The van der Waals surface area contributed by atoms with Crippen molar-refractivity contribution in [1.29, 1.82) is 0 Å². The SMILES string of the molecule is CCOc1cccc2c1[nH]c(=S)n2CCN(C)C1CC1. The third-order valence-corrected chi connectivity index (χ3v) is 4.24. The number of ether oxygens (including phenoxy) is 1. The lowest BCUT2D eigenvalue weighted by molar-refractivity contribution is 0.310. The number of imidazole rings is 1. The summed E-state index contributed by atoms with van der Waals surface area (Å²) in [6, 6.07) is 6.89. The van der Waals surface area contributed by atoms with Crippen molar-refractivity contribution in [3.05, 3.63) is 23.0 Å². The Morgan fingerprint density at radius 1 is 1.45 bits per heavy atom. The van der Waals surface area contributed by atoms with Gasteiger partial charge in [-0.2, -0.15) is 0 Å². The molecule has 0 aliphatic heterocycles. The number of nitrogens with one attached hydrogen (secondary N) is 1. The van der Waals surface area contributed by atoms with Crippen LogP contribution in [0, 0.1) is 4.77 Å². The summed E-state index contributed by atoms with van der Waals surface area (Å²) in [5, 5.41) is 0. The van der Waals surface area contributed by atoms with Gasteiger partial charge in [0.15, 0.2) is 4.77 Å². The maximum atomic E-state index is 5.66. The van der Waals surface area contributed by atoms with Crippen LogP contribution in [0.15, 0.2) is 18.2 Å². The minimum absolute atomic E-state index is 0.662. The molecule has 0 bridgehead atoms. The van der Waals surface area contributed by atoms with Crippen molar-refractivity contribution in [2.75, 3.05) is 20.2 Å². The van der Waals surface area contributed by atoms with Crippen LogP contribution >= 0.6 is 12.2 Å².